The Morgan fingerprint density at radius 1 is 1.14 bits per heavy atom. The molecule has 0 unspecified atom stereocenters. The summed E-state index contributed by atoms with van der Waals surface area (Å²) < 4.78 is 23.2. The first-order valence-corrected chi connectivity index (χ1v) is 8.33. The monoisotopic (exact) mass is 401 g/mol. The summed E-state index contributed by atoms with van der Waals surface area (Å²) in [5.41, 5.74) is 0.385. The van der Waals surface area contributed by atoms with E-state index in [1.807, 2.05) is 0 Å². The fourth-order valence-corrected chi connectivity index (χ4v) is 2.80. The lowest BCUT2D eigenvalue weighted by atomic mass is 10.1. The average Bonchev–Trinajstić information content (AvgIpc) is 2.96. The van der Waals surface area contributed by atoms with Crippen LogP contribution in [0.1, 0.15) is 11.1 Å². The Hall–Kier alpha value is -3.95. The minimum atomic E-state index is -0.660. The van der Waals surface area contributed by atoms with E-state index in [4.69, 9.17) is 9.47 Å². The van der Waals surface area contributed by atoms with Crippen molar-refractivity contribution >= 4 is 23.7 Å². The molecule has 0 spiro atoms. The number of halogens is 1. The molecule has 1 N–H and O–H groups in total. The second kappa shape index (κ2) is 7.97. The molecule has 10 heteroatoms. The predicted molar refractivity (Wildman–Crippen MR) is 99.7 cm³/mol. The molecule has 0 aromatic heterocycles. The topological polar surface area (TPSA) is 111 Å². The number of methoxy groups -OCH3 is 2. The van der Waals surface area contributed by atoms with Crippen LogP contribution < -0.4 is 14.8 Å². The van der Waals surface area contributed by atoms with E-state index in [2.05, 4.69) is 5.32 Å². The number of nitro groups is 1. The number of carbonyl (C=O) groups is 2. The van der Waals surface area contributed by atoms with Gasteiger partial charge in [0.15, 0.2) is 0 Å². The number of nitrogens with one attached hydrogen (secondary N) is 1. The zero-order chi connectivity index (χ0) is 21.1. The highest BCUT2D eigenvalue weighted by molar-refractivity contribution is 6.14. The van der Waals surface area contributed by atoms with Gasteiger partial charge in [-0.25, -0.2) is 9.18 Å². The van der Waals surface area contributed by atoms with Crippen molar-refractivity contribution in [1.82, 2.24) is 10.2 Å². The Balaban J connectivity index is 1.93. The highest BCUT2D eigenvalue weighted by Crippen LogP contribution is 2.35. The van der Waals surface area contributed by atoms with E-state index in [9.17, 15) is 24.1 Å². The van der Waals surface area contributed by atoms with Crippen LogP contribution in [0.4, 0.5) is 14.9 Å². The van der Waals surface area contributed by atoms with Gasteiger partial charge in [-0.3, -0.25) is 19.8 Å². The number of amides is 3. The van der Waals surface area contributed by atoms with Gasteiger partial charge in [-0.05, 0) is 23.8 Å². The van der Waals surface area contributed by atoms with E-state index in [1.165, 1.54) is 56.7 Å². The van der Waals surface area contributed by atoms with Gasteiger partial charge in [0, 0.05) is 17.7 Å². The Bertz CT molecular complexity index is 1020. The van der Waals surface area contributed by atoms with Crippen molar-refractivity contribution in [1.29, 1.82) is 0 Å². The second-order valence-corrected chi connectivity index (χ2v) is 6.03. The summed E-state index contributed by atoms with van der Waals surface area (Å²) in [5.74, 6) is -0.840. The number of nitrogens with zero attached hydrogens (tertiary/aromatic N) is 2. The van der Waals surface area contributed by atoms with E-state index in [1.54, 1.807) is 0 Å². The molecule has 0 aliphatic carbocycles. The minimum Gasteiger partial charge on any atom is -0.496 e. The SMILES string of the molecule is COc1cc(OC)c([N+](=O)[O-])cc1/C=C1/NC(=O)N(Cc2ccc(F)cc2)C1=O. The third-order valence-electron chi connectivity index (χ3n) is 4.24. The third kappa shape index (κ3) is 4.00. The third-order valence-corrected chi connectivity index (χ3v) is 4.24. The molecule has 29 heavy (non-hydrogen) atoms. The zero-order valence-electron chi connectivity index (χ0n) is 15.5. The fraction of sp³-hybridized carbons (Fsp3) is 0.158. The molecular formula is C19H16FN3O6. The average molecular weight is 401 g/mol. The molecule has 150 valence electrons. The number of rotatable bonds is 6. The first-order valence-electron chi connectivity index (χ1n) is 8.33. The van der Waals surface area contributed by atoms with Crippen LogP contribution in [0.2, 0.25) is 0 Å². The summed E-state index contributed by atoms with van der Waals surface area (Å²) in [6, 6.07) is 7.24. The minimum absolute atomic E-state index is 0.00581. The number of imide groups is 1. The van der Waals surface area contributed by atoms with Gasteiger partial charge in [-0.1, -0.05) is 12.1 Å². The first-order chi connectivity index (χ1) is 13.8. The first kappa shape index (κ1) is 19.8. The fourth-order valence-electron chi connectivity index (χ4n) is 2.80. The maximum absolute atomic E-state index is 13.0. The Labute approximate surface area is 164 Å². The zero-order valence-corrected chi connectivity index (χ0v) is 15.5. The number of nitro benzene ring substituents is 1. The number of urea groups is 1. The van der Waals surface area contributed by atoms with Gasteiger partial charge in [-0.15, -0.1) is 0 Å². The van der Waals surface area contributed by atoms with Gasteiger partial charge in [0.1, 0.15) is 17.3 Å². The van der Waals surface area contributed by atoms with Crippen molar-refractivity contribution < 1.29 is 28.4 Å². The van der Waals surface area contributed by atoms with Crippen molar-refractivity contribution in [3.8, 4) is 11.5 Å². The lowest BCUT2D eigenvalue weighted by Gasteiger charge is -2.11. The molecule has 0 saturated carbocycles. The van der Waals surface area contributed by atoms with Crippen LogP contribution in [0.15, 0.2) is 42.1 Å². The molecular weight excluding hydrogens is 385 g/mol. The van der Waals surface area contributed by atoms with E-state index in [-0.39, 0.29) is 35.0 Å². The van der Waals surface area contributed by atoms with Crippen LogP contribution >= 0.6 is 0 Å². The van der Waals surface area contributed by atoms with E-state index < -0.39 is 22.7 Å². The lowest BCUT2D eigenvalue weighted by Crippen LogP contribution is -2.30. The molecule has 1 aliphatic rings. The Morgan fingerprint density at radius 3 is 2.38 bits per heavy atom. The van der Waals surface area contributed by atoms with Crippen molar-refractivity contribution in [2.75, 3.05) is 14.2 Å². The largest absolute Gasteiger partial charge is 0.496 e. The predicted octanol–water partition coefficient (Wildman–Crippen LogP) is 2.84. The number of benzene rings is 2. The molecule has 1 saturated heterocycles. The maximum atomic E-state index is 13.0. The van der Waals surface area contributed by atoms with E-state index in [0.29, 0.717) is 5.56 Å². The molecule has 3 amide bonds. The van der Waals surface area contributed by atoms with Crippen LogP contribution in [0, 0.1) is 15.9 Å². The quantitative estimate of drug-likeness (QED) is 0.345. The standard InChI is InChI=1S/C19H16FN3O6/c1-28-16-9-17(29-2)15(23(26)27)8-12(16)7-14-18(24)22(19(25)21-14)10-11-3-5-13(20)6-4-11/h3-9H,10H2,1-2H3,(H,21,25)/b14-7+. The van der Waals surface area contributed by atoms with Crippen molar-refractivity contribution in [3.05, 3.63) is 69.2 Å². The van der Waals surface area contributed by atoms with E-state index in [0.717, 1.165) is 4.90 Å². The highest BCUT2D eigenvalue weighted by Gasteiger charge is 2.34. The van der Waals surface area contributed by atoms with Gasteiger partial charge in [0.2, 0.25) is 5.75 Å². The smallest absolute Gasteiger partial charge is 0.329 e. The van der Waals surface area contributed by atoms with Gasteiger partial charge >= 0.3 is 11.7 Å². The number of carbonyl (C=O) groups excluding carboxylic acids is 2. The Kier molecular flexibility index (Phi) is 5.44. The van der Waals surface area contributed by atoms with Crippen molar-refractivity contribution in [3.63, 3.8) is 0 Å². The van der Waals surface area contributed by atoms with Crippen LogP contribution in [-0.2, 0) is 11.3 Å². The van der Waals surface area contributed by atoms with Gasteiger partial charge in [-0.2, -0.15) is 0 Å². The van der Waals surface area contributed by atoms with Crippen molar-refractivity contribution in [2.24, 2.45) is 0 Å². The van der Waals surface area contributed by atoms with Gasteiger partial charge in [0.25, 0.3) is 5.91 Å². The normalized spacial score (nSPS) is 14.9. The molecule has 0 atom stereocenters. The molecule has 1 fully saturated rings. The Morgan fingerprint density at radius 2 is 1.79 bits per heavy atom. The van der Waals surface area contributed by atoms with Crippen LogP contribution in [0.25, 0.3) is 6.08 Å². The number of hydrogen-bond donors (Lipinski definition) is 1. The molecule has 1 aliphatic heterocycles. The molecule has 1 heterocycles. The molecule has 2 aromatic rings. The summed E-state index contributed by atoms with van der Waals surface area (Å²) in [6.45, 7) is -0.0534. The summed E-state index contributed by atoms with van der Waals surface area (Å²) >= 11 is 0. The summed E-state index contributed by atoms with van der Waals surface area (Å²) in [7, 11) is 2.65. The molecule has 0 bridgehead atoms. The van der Waals surface area contributed by atoms with E-state index >= 15 is 0 Å². The molecule has 2 aromatic carbocycles. The number of hydrogen-bond acceptors (Lipinski definition) is 6. The highest BCUT2D eigenvalue weighted by atomic mass is 19.1. The van der Waals surface area contributed by atoms with Gasteiger partial charge in [0.05, 0.1) is 25.7 Å². The van der Waals surface area contributed by atoms with Crippen LogP contribution in [0.3, 0.4) is 0 Å². The van der Waals surface area contributed by atoms with Crippen LogP contribution in [-0.4, -0.2) is 36.0 Å². The number of ether oxygens (including phenoxy) is 2. The summed E-state index contributed by atoms with van der Waals surface area (Å²) in [5, 5.41) is 13.7. The summed E-state index contributed by atoms with van der Waals surface area (Å²) in [4.78, 5) is 36.4. The second-order valence-electron chi connectivity index (χ2n) is 6.03. The lowest BCUT2D eigenvalue weighted by molar-refractivity contribution is -0.385. The molecule has 9 nitrogen and oxygen atoms in total. The summed E-state index contributed by atoms with van der Waals surface area (Å²) in [6.07, 6.45) is 1.29. The molecule has 3 rings (SSSR count). The molecule has 0 radical (unpaired) electrons. The maximum Gasteiger partial charge on any atom is 0.329 e. The van der Waals surface area contributed by atoms with Crippen LogP contribution in [0.5, 0.6) is 11.5 Å². The van der Waals surface area contributed by atoms with Gasteiger partial charge < -0.3 is 14.8 Å². The van der Waals surface area contributed by atoms with Crippen molar-refractivity contribution in [2.45, 2.75) is 6.54 Å².